The van der Waals surface area contributed by atoms with Crippen molar-refractivity contribution in [3.8, 4) is 0 Å². The quantitative estimate of drug-likeness (QED) is 0.642. The zero-order valence-electron chi connectivity index (χ0n) is 9.39. The van der Waals surface area contributed by atoms with Crippen molar-refractivity contribution >= 4 is 22.6 Å². The molecule has 0 aromatic heterocycles. The Morgan fingerprint density at radius 2 is 2.27 bits per heavy atom. The predicted molar refractivity (Wildman–Crippen MR) is 75.0 cm³/mol. The third kappa shape index (κ3) is 4.34. The van der Waals surface area contributed by atoms with Crippen LogP contribution in [0.15, 0.2) is 36.4 Å². The van der Waals surface area contributed by atoms with Gasteiger partial charge in [-0.3, -0.25) is 0 Å². The van der Waals surface area contributed by atoms with Crippen LogP contribution >= 0.6 is 22.6 Å². The molecular formula is C13H18IN. The fourth-order valence-corrected chi connectivity index (χ4v) is 2.16. The number of hydrogen-bond donors (Lipinski definition) is 1. The highest BCUT2D eigenvalue weighted by molar-refractivity contribution is 14.1. The van der Waals surface area contributed by atoms with E-state index in [0.717, 1.165) is 12.8 Å². The van der Waals surface area contributed by atoms with Crippen LogP contribution in [-0.2, 0) is 0 Å². The van der Waals surface area contributed by atoms with Gasteiger partial charge in [-0.1, -0.05) is 17.7 Å². The Morgan fingerprint density at radius 1 is 1.53 bits per heavy atom. The second-order valence-corrected chi connectivity index (χ2v) is 5.14. The molecule has 0 aliphatic carbocycles. The van der Waals surface area contributed by atoms with Crippen molar-refractivity contribution in [1.29, 1.82) is 0 Å². The van der Waals surface area contributed by atoms with Gasteiger partial charge in [0.25, 0.3) is 0 Å². The highest BCUT2D eigenvalue weighted by Crippen LogP contribution is 2.21. The Hall–Kier alpha value is -0.350. The number of benzene rings is 1. The molecule has 0 aliphatic heterocycles. The van der Waals surface area contributed by atoms with Crippen LogP contribution in [0.3, 0.4) is 0 Å². The van der Waals surface area contributed by atoms with Crippen molar-refractivity contribution in [3.63, 3.8) is 0 Å². The number of rotatable bonds is 5. The molecule has 15 heavy (non-hydrogen) atoms. The summed E-state index contributed by atoms with van der Waals surface area (Å²) in [5, 5.41) is 3.36. The Balaban J connectivity index is 2.69. The van der Waals surface area contributed by atoms with Crippen molar-refractivity contribution in [2.45, 2.75) is 25.8 Å². The largest absolute Gasteiger partial charge is 0.313 e. The smallest absolute Gasteiger partial charge is 0.0320 e. The van der Waals surface area contributed by atoms with Gasteiger partial charge in [-0.2, -0.15) is 0 Å². The molecule has 1 aromatic rings. The third-order valence-electron chi connectivity index (χ3n) is 2.46. The molecule has 1 N–H and O–H groups in total. The van der Waals surface area contributed by atoms with Gasteiger partial charge < -0.3 is 5.32 Å². The average molecular weight is 315 g/mol. The minimum atomic E-state index is 0.441. The van der Waals surface area contributed by atoms with Gasteiger partial charge in [0.05, 0.1) is 0 Å². The second-order valence-electron chi connectivity index (χ2n) is 3.89. The van der Waals surface area contributed by atoms with Gasteiger partial charge in [-0.25, -0.2) is 0 Å². The van der Waals surface area contributed by atoms with E-state index in [1.54, 1.807) is 0 Å². The molecule has 1 unspecified atom stereocenters. The fourth-order valence-electron chi connectivity index (χ4n) is 1.59. The van der Waals surface area contributed by atoms with Crippen LogP contribution < -0.4 is 5.32 Å². The topological polar surface area (TPSA) is 12.0 Å². The van der Waals surface area contributed by atoms with E-state index >= 15 is 0 Å². The SMILES string of the molecule is C=C(C)CCC(NC)c1cccc(I)c1. The Bertz CT molecular complexity index is 333. The zero-order valence-corrected chi connectivity index (χ0v) is 11.5. The maximum atomic E-state index is 3.94. The second kappa shape index (κ2) is 6.28. The minimum Gasteiger partial charge on any atom is -0.313 e. The summed E-state index contributed by atoms with van der Waals surface area (Å²) >= 11 is 2.35. The molecule has 0 spiro atoms. The first kappa shape index (κ1) is 12.7. The Morgan fingerprint density at radius 3 is 2.80 bits per heavy atom. The molecule has 0 fully saturated rings. The van der Waals surface area contributed by atoms with Crippen molar-refractivity contribution < 1.29 is 0 Å². The molecule has 0 amide bonds. The van der Waals surface area contributed by atoms with Crippen LogP contribution in [-0.4, -0.2) is 7.05 Å². The van der Waals surface area contributed by atoms with Crippen LogP contribution in [0, 0.1) is 3.57 Å². The highest BCUT2D eigenvalue weighted by Gasteiger charge is 2.08. The van der Waals surface area contributed by atoms with Gasteiger partial charge in [0.15, 0.2) is 0 Å². The molecule has 1 rings (SSSR count). The minimum absolute atomic E-state index is 0.441. The van der Waals surface area contributed by atoms with E-state index in [1.807, 2.05) is 7.05 Å². The summed E-state index contributed by atoms with van der Waals surface area (Å²) in [6.45, 7) is 6.03. The fraction of sp³-hybridized carbons (Fsp3) is 0.385. The number of hydrogen-bond acceptors (Lipinski definition) is 1. The van der Waals surface area contributed by atoms with E-state index in [9.17, 15) is 0 Å². The monoisotopic (exact) mass is 315 g/mol. The van der Waals surface area contributed by atoms with Gasteiger partial charge in [0.1, 0.15) is 0 Å². The molecule has 0 heterocycles. The summed E-state index contributed by atoms with van der Waals surface area (Å²) in [5.74, 6) is 0. The van der Waals surface area contributed by atoms with E-state index < -0.39 is 0 Å². The van der Waals surface area contributed by atoms with Crippen LogP contribution in [0.2, 0.25) is 0 Å². The molecule has 2 heteroatoms. The first-order chi connectivity index (χ1) is 7.13. The van der Waals surface area contributed by atoms with Crippen molar-refractivity contribution in [3.05, 3.63) is 45.6 Å². The normalized spacial score (nSPS) is 12.5. The standard InChI is InChI=1S/C13H18IN/c1-10(2)7-8-13(15-3)11-5-4-6-12(14)9-11/h4-6,9,13,15H,1,7-8H2,2-3H3. The zero-order chi connectivity index (χ0) is 11.3. The summed E-state index contributed by atoms with van der Waals surface area (Å²) < 4.78 is 1.29. The Labute approximate surface area is 106 Å². The molecule has 1 nitrogen and oxygen atoms in total. The van der Waals surface area contributed by atoms with Crippen molar-refractivity contribution in [2.75, 3.05) is 7.05 Å². The van der Waals surface area contributed by atoms with Gasteiger partial charge in [-0.05, 0) is 67.1 Å². The molecule has 1 atom stereocenters. The number of halogens is 1. The summed E-state index contributed by atoms with van der Waals surface area (Å²) in [5.41, 5.74) is 2.62. The number of nitrogens with one attached hydrogen (secondary N) is 1. The number of allylic oxidation sites excluding steroid dienone is 1. The molecule has 0 saturated carbocycles. The first-order valence-corrected chi connectivity index (χ1v) is 6.28. The summed E-state index contributed by atoms with van der Waals surface area (Å²) in [4.78, 5) is 0. The molecular weight excluding hydrogens is 297 g/mol. The molecule has 0 radical (unpaired) electrons. The maximum Gasteiger partial charge on any atom is 0.0320 e. The van der Waals surface area contributed by atoms with Crippen molar-refractivity contribution in [1.82, 2.24) is 5.32 Å². The van der Waals surface area contributed by atoms with Crippen LogP contribution in [0.4, 0.5) is 0 Å². The lowest BCUT2D eigenvalue weighted by Crippen LogP contribution is -2.16. The lowest BCUT2D eigenvalue weighted by molar-refractivity contribution is 0.548. The molecule has 1 aromatic carbocycles. The van der Waals surface area contributed by atoms with E-state index in [1.165, 1.54) is 14.7 Å². The Kier molecular flexibility index (Phi) is 5.32. The van der Waals surface area contributed by atoms with Gasteiger partial charge >= 0.3 is 0 Å². The lowest BCUT2D eigenvalue weighted by Gasteiger charge is -2.16. The van der Waals surface area contributed by atoms with Crippen LogP contribution in [0.25, 0.3) is 0 Å². The van der Waals surface area contributed by atoms with Crippen LogP contribution in [0.5, 0.6) is 0 Å². The maximum absolute atomic E-state index is 3.94. The molecule has 0 aliphatic rings. The molecule has 0 saturated heterocycles. The van der Waals surface area contributed by atoms with Crippen molar-refractivity contribution in [2.24, 2.45) is 0 Å². The van der Waals surface area contributed by atoms with E-state index in [4.69, 9.17) is 0 Å². The highest BCUT2D eigenvalue weighted by atomic mass is 127. The van der Waals surface area contributed by atoms with Gasteiger partial charge in [0, 0.05) is 9.61 Å². The molecule has 0 bridgehead atoms. The lowest BCUT2D eigenvalue weighted by atomic mass is 10.0. The van der Waals surface area contributed by atoms with Gasteiger partial charge in [-0.15, -0.1) is 6.58 Å². The summed E-state index contributed by atoms with van der Waals surface area (Å²) in [6, 6.07) is 9.09. The first-order valence-electron chi connectivity index (χ1n) is 5.20. The van der Waals surface area contributed by atoms with E-state index in [-0.39, 0.29) is 0 Å². The predicted octanol–water partition coefficient (Wildman–Crippen LogP) is 3.91. The van der Waals surface area contributed by atoms with Crippen LogP contribution in [0.1, 0.15) is 31.4 Å². The summed E-state index contributed by atoms with van der Waals surface area (Å²) in [7, 11) is 2.02. The van der Waals surface area contributed by atoms with E-state index in [0.29, 0.717) is 6.04 Å². The molecule has 82 valence electrons. The summed E-state index contributed by atoms with van der Waals surface area (Å²) in [6.07, 6.45) is 2.20. The van der Waals surface area contributed by atoms with E-state index in [2.05, 4.69) is 65.7 Å². The average Bonchev–Trinajstić information content (AvgIpc) is 2.18. The third-order valence-corrected chi connectivity index (χ3v) is 3.13. The van der Waals surface area contributed by atoms with Gasteiger partial charge in [0.2, 0.25) is 0 Å².